The molecule has 3 aromatic rings. The van der Waals surface area contributed by atoms with Crippen LogP contribution in [0.4, 0.5) is 27.5 Å². The van der Waals surface area contributed by atoms with Crippen molar-refractivity contribution in [1.82, 2.24) is 5.32 Å². The molecule has 2 N–H and O–H groups in total. The molecule has 1 heterocycles. The van der Waals surface area contributed by atoms with E-state index in [2.05, 4.69) is 10.6 Å². The molecule has 0 saturated heterocycles. The van der Waals surface area contributed by atoms with Gasteiger partial charge < -0.3 is 29.9 Å². The van der Waals surface area contributed by atoms with Gasteiger partial charge in [0, 0.05) is 22.9 Å². The summed E-state index contributed by atoms with van der Waals surface area (Å²) in [5.74, 6) is -0.576. The Balaban J connectivity index is 1.71. The molecule has 0 radical (unpaired) electrons. The number of ether oxygens (including phenoxy) is 2. The van der Waals surface area contributed by atoms with E-state index < -0.39 is 29.4 Å². The standard InChI is InChI=1S/C32H36N4O6/c1-6-42-30(39)21-11-10-12-22(17-21)33-31(40)34-25-19-35(23-13-8-7-9-14-23)26-16-15-24(41-5)18-27(26)36(29(25)38)20-28(37)32(2,3)4/h7-18,25H,6,19-20H2,1-5H3,(H2,33,34,40). The first-order valence-electron chi connectivity index (χ1n) is 13.7. The molecule has 42 heavy (non-hydrogen) atoms. The topological polar surface area (TPSA) is 117 Å². The molecule has 1 unspecified atom stereocenters. The number of benzene rings is 3. The Morgan fingerprint density at radius 3 is 2.36 bits per heavy atom. The van der Waals surface area contributed by atoms with Crippen molar-refractivity contribution in [3.63, 3.8) is 0 Å². The van der Waals surface area contributed by atoms with E-state index in [1.54, 1.807) is 58.0 Å². The Kier molecular flexibility index (Phi) is 9.15. The number of Topliss-reactive ketones (excluding diaryl/α,β-unsaturated/α-hetero) is 1. The fourth-order valence-corrected chi connectivity index (χ4v) is 4.51. The van der Waals surface area contributed by atoms with Crippen molar-refractivity contribution < 1.29 is 28.7 Å². The summed E-state index contributed by atoms with van der Waals surface area (Å²) in [6, 6.07) is 19.5. The van der Waals surface area contributed by atoms with Gasteiger partial charge in [-0.25, -0.2) is 9.59 Å². The summed E-state index contributed by atoms with van der Waals surface area (Å²) in [6.45, 7) is 7.24. The number of carbonyl (C=O) groups is 4. The first kappa shape index (κ1) is 30.1. The maximum atomic E-state index is 14.2. The quantitative estimate of drug-likeness (QED) is 0.358. The van der Waals surface area contributed by atoms with Gasteiger partial charge in [0.2, 0.25) is 0 Å². The molecule has 0 aromatic heterocycles. The van der Waals surface area contributed by atoms with Gasteiger partial charge in [0.1, 0.15) is 11.8 Å². The molecule has 1 aliphatic heterocycles. The Labute approximate surface area is 245 Å². The van der Waals surface area contributed by atoms with Crippen LogP contribution in [0.3, 0.4) is 0 Å². The first-order chi connectivity index (χ1) is 20.0. The zero-order valence-corrected chi connectivity index (χ0v) is 24.5. The normalized spacial score (nSPS) is 14.9. The van der Waals surface area contributed by atoms with E-state index in [0.29, 0.717) is 22.8 Å². The number of hydrogen-bond donors (Lipinski definition) is 2. The molecule has 4 rings (SSSR count). The summed E-state index contributed by atoms with van der Waals surface area (Å²) < 4.78 is 10.5. The highest BCUT2D eigenvalue weighted by Crippen LogP contribution is 2.40. The van der Waals surface area contributed by atoms with Crippen molar-refractivity contribution in [1.29, 1.82) is 0 Å². The van der Waals surface area contributed by atoms with Crippen molar-refractivity contribution in [2.75, 3.05) is 41.9 Å². The third-order valence-electron chi connectivity index (χ3n) is 6.84. The van der Waals surface area contributed by atoms with Crippen LogP contribution in [0.5, 0.6) is 5.75 Å². The summed E-state index contributed by atoms with van der Waals surface area (Å²) in [5, 5.41) is 5.50. The smallest absolute Gasteiger partial charge is 0.338 e. The molecule has 1 atom stereocenters. The second kappa shape index (κ2) is 12.8. The summed E-state index contributed by atoms with van der Waals surface area (Å²) in [5.41, 5.74) is 1.92. The number of fused-ring (bicyclic) bond motifs is 1. The molecule has 10 heteroatoms. The number of amides is 3. The van der Waals surface area contributed by atoms with Gasteiger partial charge in [-0.15, -0.1) is 0 Å². The third-order valence-corrected chi connectivity index (χ3v) is 6.84. The number of methoxy groups -OCH3 is 1. The highest BCUT2D eigenvalue weighted by molar-refractivity contribution is 6.08. The molecule has 0 spiro atoms. The number of nitrogens with zero attached hydrogens (tertiary/aromatic N) is 2. The van der Waals surface area contributed by atoms with Crippen LogP contribution in [0.1, 0.15) is 38.1 Å². The number of carbonyl (C=O) groups excluding carboxylic acids is 4. The van der Waals surface area contributed by atoms with Crippen LogP contribution in [0.15, 0.2) is 72.8 Å². The predicted octanol–water partition coefficient (Wildman–Crippen LogP) is 5.16. The van der Waals surface area contributed by atoms with Crippen molar-refractivity contribution in [3.8, 4) is 5.75 Å². The lowest BCUT2D eigenvalue weighted by molar-refractivity contribution is -0.127. The van der Waals surface area contributed by atoms with E-state index >= 15 is 0 Å². The van der Waals surface area contributed by atoms with E-state index in [0.717, 1.165) is 5.69 Å². The first-order valence-corrected chi connectivity index (χ1v) is 13.7. The average molecular weight is 573 g/mol. The van der Waals surface area contributed by atoms with Gasteiger partial charge in [0.15, 0.2) is 5.78 Å². The number of ketones is 1. The van der Waals surface area contributed by atoms with Gasteiger partial charge in [-0.2, -0.15) is 0 Å². The molecule has 0 fully saturated rings. The van der Waals surface area contributed by atoms with Crippen molar-refractivity contribution in [3.05, 3.63) is 78.4 Å². The van der Waals surface area contributed by atoms with E-state index in [4.69, 9.17) is 9.47 Å². The summed E-state index contributed by atoms with van der Waals surface area (Å²) in [4.78, 5) is 56.1. The summed E-state index contributed by atoms with van der Waals surface area (Å²) in [7, 11) is 1.53. The van der Waals surface area contributed by atoms with E-state index in [9.17, 15) is 19.2 Å². The van der Waals surface area contributed by atoms with Crippen LogP contribution in [-0.4, -0.2) is 56.5 Å². The Hall–Kier alpha value is -4.86. The van der Waals surface area contributed by atoms with Crippen LogP contribution >= 0.6 is 0 Å². The maximum absolute atomic E-state index is 14.2. The van der Waals surface area contributed by atoms with E-state index in [1.165, 1.54) is 18.1 Å². The van der Waals surface area contributed by atoms with Crippen molar-refractivity contribution in [2.24, 2.45) is 5.41 Å². The fourth-order valence-electron chi connectivity index (χ4n) is 4.51. The largest absolute Gasteiger partial charge is 0.497 e. The number of para-hydroxylation sites is 1. The van der Waals surface area contributed by atoms with Crippen LogP contribution < -0.4 is 25.2 Å². The lowest BCUT2D eigenvalue weighted by Gasteiger charge is -2.28. The van der Waals surface area contributed by atoms with Gasteiger partial charge in [-0.05, 0) is 49.4 Å². The van der Waals surface area contributed by atoms with Gasteiger partial charge in [0.05, 0.1) is 43.7 Å². The molecular weight excluding hydrogens is 536 g/mol. The highest BCUT2D eigenvalue weighted by atomic mass is 16.5. The second-order valence-corrected chi connectivity index (χ2v) is 10.9. The number of hydrogen-bond acceptors (Lipinski definition) is 7. The Morgan fingerprint density at radius 2 is 1.69 bits per heavy atom. The van der Waals surface area contributed by atoms with Crippen molar-refractivity contribution in [2.45, 2.75) is 33.7 Å². The molecule has 3 amide bonds. The van der Waals surface area contributed by atoms with Gasteiger partial charge in [-0.1, -0.05) is 45.0 Å². The molecule has 1 aliphatic rings. The second-order valence-electron chi connectivity index (χ2n) is 10.9. The Bertz CT molecular complexity index is 1470. The number of rotatable bonds is 8. The zero-order valence-electron chi connectivity index (χ0n) is 24.5. The molecule has 220 valence electrons. The minimum Gasteiger partial charge on any atom is -0.497 e. The lowest BCUT2D eigenvalue weighted by Crippen LogP contribution is -2.54. The summed E-state index contributed by atoms with van der Waals surface area (Å²) >= 11 is 0. The lowest BCUT2D eigenvalue weighted by atomic mass is 9.90. The fraction of sp³-hybridized carbons (Fsp3) is 0.312. The van der Waals surface area contributed by atoms with Gasteiger partial charge in [-0.3, -0.25) is 9.59 Å². The minimum atomic E-state index is -1.04. The average Bonchev–Trinajstić information content (AvgIpc) is 3.07. The zero-order chi connectivity index (χ0) is 30.4. The Morgan fingerprint density at radius 1 is 0.952 bits per heavy atom. The molecule has 0 saturated carbocycles. The van der Waals surface area contributed by atoms with Crippen LogP contribution in [0.2, 0.25) is 0 Å². The molecule has 0 bridgehead atoms. The minimum absolute atomic E-state index is 0.0959. The molecule has 10 nitrogen and oxygen atoms in total. The SMILES string of the molecule is CCOC(=O)c1cccc(NC(=O)NC2CN(c3ccccc3)c3ccc(OC)cc3N(CC(=O)C(C)(C)C)C2=O)c1. The molecule has 0 aliphatic carbocycles. The van der Waals surface area contributed by atoms with Crippen LogP contribution in [0.25, 0.3) is 0 Å². The van der Waals surface area contributed by atoms with Crippen molar-refractivity contribution >= 4 is 46.4 Å². The maximum Gasteiger partial charge on any atom is 0.338 e. The number of esters is 1. The van der Waals surface area contributed by atoms with E-state index in [1.807, 2.05) is 41.3 Å². The predicted molar refractivity (Wildman–Crippen MR) is 162 cm³/mol. The van der Waals surface area contributed by atoms with Gasteiger partial charge >= 0.3 is 12.0 Å². The molecular formula is C32H36N4O6. The summed E-state index contributed by atoms with van der Waals surface area (Å²) in [6.07, 6.45) is 0. The highest BCUT2D eigenvalue weighted by Gasteiger charge is 2.38. The number of nitrogens with one attached hydrogen (secondary N) is 2. The van der Waals surface area contributed by atoms with E-state index in [-0.39, 0.29) is 31.0 Å². The number of urea groups is 1. The van der Waals surface area contributed by atoms with Crippen LogP contribution in [-0.2, 0) is 14.3 Å². The molecule has 3 aromatic carbocycles. The van der Waals surface area contributed by atoms with Gasteiger partial charge in [0.25, 0.3) is 5.91 Å². The number of anilines is 4. The third kappa shape index (κ3) is 6.88. The monoisotopic (exact) mass is 572 g/mol. The van der Waals surface area contributed by atoms with Crippen LogP contribution in [0, 0.1) is 5.41 Å².